The van der Waals surface area contributed by atoms with Crippen molar-refractivity contribution >= 4 is 0 Å². The first-order valence-corrected chi connectivity index (χ1v) is 8.05. The Kier molecular flexibility index (Phi) is 4.11. The van der Waals surface area contributed by atoms with E-state index in [1.165, 1.54) is 22.9 Å². The Hall–Kier alpha value is -3.60. The van der Waals surface area contributed by atoms with Crippen LogP contribution in [0.4, 0.5) is 4.39 Å². The van der Waals surface area contributed by atoms with E-state index in [9.17, 15) is 9.50 Å². The molecule has 1 aromatic heterocycles. The quantitative estimate of drug-likeness (QED) is 0.482. The van der Waals surface area contributed by atoms with Crippen molar-refractivity contribution in [3.8, 4) is 34.3 Å². The average Bonchev–Trinajstić information content (AvgIpc) is 3.05. The second-order valence-corrected chi connectivity index (χ2v) is 5.70. The van der Waals surface area contributed by atoms with Gasteiger partial charge in [-0.2, -0.15) is 0 Å². The van der Waals surface area contributed by atoms with Gasteiger partial charge in [0.15, 0.2) is 0 Å². The monoisotopic (exact) mass is 345 g/mol. The molecule has 4 nitrogen and oxygen atoms in total. The minimum atomic E-state index is -0.353. The van der Waals surface area contributed by atoms with Gasteiger partial charge in [0, 0.05) is 11.6 Å². The van der Waals surface area contributed by atoms with Gasteiger partial charge in [-0.05, 0) is 60.7 Å². The summed E-state index contributed by atoms with van der Waals surface area (Å²) in [6, 6.07) is 24.1. The highest BCUT2D eigenvalue weighted by Gasteiger charge is 2.12. The van der Waals surface area contributed by atoms with Crippen molar-refractivity contribution in [1.29, 1.82) is 0 Å². The maximum Gasteiger partial charge on any atom is 0.288 e. The van der Waals surface area contributed by atoms with Gasteiger partial charge in [-0.3, -0.25) is 5.11 Å². The molecule has 3 aromatic carbocycles. The van der Waals surface area contributed by atoms with E-state index in [2.05, 4.69) is 5.10 Å². The van der Waals surface area contributed by atoms with Crippen LogP contribution in [-0.4, -0.2) is 9.78 Å². The normalized spacial score (nSPS) is 10.7. The van der Waals surface area contributed by atoms with Crippen molar-refractivity contribution in [2.75, 3.05) is 0 Å². The number of aromatic nitrogens is 2. The van der Waals surface area contributed by atoms with Crippen molar-refractivity contribution < 1.29 is 14.2 Å². The van der Waals surface area contributed by atoms with Crippen molar-refractivity contribution in [3.05, 3.63) is 90.7 Å². The molecule has 0 aliphatic rings. The molecule has 0 bridgehead atoms. The molecule has 0 atom stereocenters. The third-order valence-electron chi connectivity index (χ3n) is 3.89. The van der Waals surface area contributed by atoms with E-state index in [0.717, 1.165) is 11.3 Å². The lowest BCUT2D eigenvalue weighted by molar-refractivity contribution is 0.334. The molecule has 0 aliphatic heterocycles. The number of halogens is 1. The van der Waals surface area contributed by atoms with Crippen LogP contribution in [0.5, 0.6) is 17.4 Å². The van der Waals surface area contributed by atoms with Crippen LogP contribution >= 0.6 is 0 Å². The van der Waals surface area contributed by atoms with Crippen LogP contribution in [0.3, 0.4) is 0 Å². The van der Waals surface area contributed by atoms with Gasteiger partial charge in [-0.25, -0.2) is 9.07 Å². The van der Waals surface area contributed by atoms with Gasteiger partial charge in [0.05, 0.1) is 11.4 Å². The van der Waals surface area contributed by atoms with E-state index in [0.29, 0.717) is 17.1 Å². The Morgan fingerprint density at radius 3 is 2.15 bits per heavy atom. The number of hydrogen-bond acceptors (Lipinski definition) is 2. The SMILES string of the molecule is [O]c1cc(-c2ccc(Oc3ccccc3)cc2)n(-c2ccc(F)cc2)n1. The van der Waals surface area contributed by atoms with Gasteiger partial charge < -0.3 is 4.74 Å². The summed E-state index contributed by atoms with van der Waals surface area (Å²) in [5.41, 5.74) is 2.06. The van der Waals surface area contributed by atoms with E-state index in [1.807, 2.05) is 54.6 Å². The first kappa shape index (κ1) is 15.9. The van der Waals surface area contributed by atoms with E-state index in [1.54, 1.807) is 12.1 Å². The van der Waals surface area contributed by atoms with Crippen molar-refractivity contribution in [2.45, 2.75) is 0 Å². The summed E-state index contributed by atoms with van der Waals surface area (Å²) in [5.74, 6) is 0.745. The highest BCUT2D eigenvalue weighted by atomic mass is 19.1. The lowest BCUT2D eigenvalue weighted by atomic mass is 10.1. The molecule has 0 fully saturated rings. The molecule has 4 aromatic rings. The number of hydrogen-bond donors (Lipinski definition) is 0. The molecule has 4 rings (SSSR count). The molecular weight excluding hydrogens is 331 g/mol. The first-order valence-electron chi connectivity index (χ1n) is 8.05. The zero-order chi connectivity index (χ0) is 17.9. The standard InChI is InChI=1S/C21H14FN2O2/c22-16-8-10-17(11-9-16)24-20(14-21(25)23-24)15-6-12-19(13-7-15)26-18-4-2-1-3-5-18/h1-14H. The highest BCUT2D eigenvalue weighted by Crippen LogP contribution is 2.29. The van der Waals surface area contributed by atoms with Crippen LogP contribution < -0.4 is 4.74 Å². The number of ether oxygens (including phenoxy) is 1. The molecule has 1 radical (unpaired) electrons. The lowest BCUT2D eigenvalue weighted by Gasteiger charge is -2.09. The van der Waals surface area contributed by atoms with Crippen molar-refractivity contribution in [1.82, 2.24) is 9.78 Å². The van der Waals surface area contributed by atoms with E-state index >= 15 is 0 Å². The van der Waals surface area contributed by atoms with Gasteiger partial charge in [-0.15, -0.1) is 5.10 Å². The minimum absolute atomic E-state index is 0.341. The van der Waals surface area contributed by atoms with Crippen LogP contribution in [-0.2, 0) is 5.11 Å². The summed E-state index contributed by atoms with van der Waals surface area (Å²) >= 11 is 0. The van der Waals surface area contributed by atoms with Crippen LogP contribution in [0.2, 0.25) is 0 Å². The Bertz CT molecular complexity index is 1010. The maximum absolute atomic E-state index is 13.1. The molecular formula is C21H14FN2O2. The molecule has 0 unspecified atom stereocenters. The zero-order valence-corrected chi connectivity index (χ0v) is 13.7. The minimum Gasteiger partial charge on any atom is -0.457 e. The van der Waals surface area contributed by atoms with Gasteiger partial charge >= 0.3 is 0 Å². The molecule has 26 heavy (non-hydrogen) atoms. The lowest BCUT2D eigenvalue weighted by Crippen LogP contribution is -1.98. The van der Waals surface area contributed by atoms with Crippen LogP contribution in [0.25, 0.3) is 16.9 Å². The predicted molar refractivity (Wildman–Crippen MR) is 95.6 cm³/mol. The summed E-state index contributed by atoms with van der Waals surface area (Å²) in [6.07, 6.45) is 0. The summed E-state index contributed by atoms with van der Waals surface area (Å²) in [5, 5.41) is 15.8. The molecule has 5 heteroatoms. The fourth-order valence-corrected chi connectivity index (χ4v) is 2.66. The topological polar surface area (TPSA) is 47.0 Å². The maximum atomic E-state index is 13.1. The third kappa shape index (κ3) is 3.28. The summed E-state index contributed by atoms with van der Waals surface area (Å²) in [6.45, 7) is 0. The van der Waals surface area contributed by atoms with Crippen LogP contribution in [0.15, 0.2) is 84.9 Å². The number of nitrogens with zero attached hydrogens (tertiary/aromatic N) is 2. The number of benzene rings is 3. The predicted octanol–water partition coefficient (Wildman–Crippen LogP) is 5.61. The number of para-hydroxylation sites is 1. The number of rotatable bonds is 4. The highest BCUT2D eigenvalue weighted by molar-refractivity contribution is 5.64. The Morgan fingerprint density at radius 2 is 1.46 bits per heavy atom. The van der Waals surface area contributed by atoms with E-state index in [-0.39, 0.29) is 11.7 Å². The Morgan fingerprint density at radius 1 is 0.808 bits per heavy atom. The molecule has 1 heterocycles. The molecule has 0 N–H and O–H groups in total. The van der Waals surface area contributed by atoms with Gasteiger partial charge in [0.1, 0.15) is 17.3 Å². The van der Waals surface area contributed by atoms with Crippen molar-refractivity contribution in [2.24, 2.45) is 0 Å². The molecule has 127 valence electrons. The Labute approximate surface area is 149 Å². The second kappa shape index (κ2) is 6.72. The zero-order valence-electron chi connectivity index (χ0n) is 13.7. The molecule has 0 saturated heterocycles. The fourth-order valence-electron chi connectivity index (χ4n) is 2.66. The van der Waals surface area contributed by atoms with Crippen LogP contribution in [0, 0.1) is 5.82 Å². The largest absolute Gasteiger partial charge is 0.457 e. The van der Waals surface area contributed by atoms with Crippen molar-refractivity contribution in [3.63, 3.8) is 0 Å². The Balaban J connectivity index is 1.65. The summed E-state index contributed by atoms with van der Waals surface area (Å²) in [7, 11) is 0. The molecule has 0 aliphatic carbocycles. The molecule has 0 spiro atoms. The third-order valence-corrected chi connectivity index (χ3v) is 3.89. The molecule has 0 amide bonds. The second-order valence-electron chi connectivity index (χ2n) is 5.70. The first-order chi connectivity index (χ1) is 12.7. The van der Waals surface area contributed by atoms with Crippen LogP contribution in [0.1, 0.15) is 0 Å². The van der Waals surface area contributed by atoms with E-state index < -0.39 is 0 Å². The summed E-state index contributed by atoms with van der Waals surface area (Å²) < 4.78 is 20.4. The molecule has 0 saturated carbocycles. The van der Waals surface area contributed by atoms with E-state index in [4.69, 9.17) is 4.74 Å². The average molecular weight is 345 g/mol. The smallest absolute Gasteiger partial charge is 0.288 e. The summed E-state index contributed by atoms with van der Waals surface area (Å²) in [4.78, 5) is 0. The van der Waals surface area contributed by atoms with Gasteiger partial charge in [-0.1, -0.05) is 18.2 Å². The van der Waals surface area contributed by atoms with Gasteiger partial charge in [0.25, 0.3) is 5.88 Å². The van der Waals surface area contributed by atoms with Gasteiger partial charge in [0.2, 0.25) is 0 Å². The fraction of sp³-hybridized carbons (Fsp3) is 0.